The summed E-state index contributed by atoms with van der Waals surface area (Å²) in [5.41, 5.74) is 0.0440. The highest BCUT2D eigenvalue weighted by atomic mass is 79.9. The highest BCUT2D eigenvalue weighted by Gasteiger charge is 2.18. The Balaban J connectivity index is 3.33. The molecule has 0 spiro atoms. The summed E-state index contributed by atoms with van der Waals surface area (Å²) < 4.78 is 10.9. The van der Waals surface area contributed by atoms with Gasteiger partial charge in [0.1, 0.15) is 17.1 Å². The molecule has 0 amide bonds. The Hall–Kier alpha value is -1.23. The average Bonchev–Trinajstić information content (AvgIpc) is 2.16. The lowest BCUT2D eigenvalue weighted by molar-refractivity contribution is 0.0688. The number of hydrogen-bond donors (Lipinski definition) is 1. The summed E-state index contributed by atoms with van der Waals surface area (Å²) in [7, 11) is 1.42. The van der Waals surface area contributed by atoms with Crippen LogP contribution in [0.25, 0.3) is 0 Å². The van der Waals surface area contributed by atoms with E-state index in [9.17, 15) is 4.79 Å². The number of carboxylic acid groups (broad SMARTS) is 1. The van der Waals surface area contributed by atoms with Crippen molar-refractivity contribution in [2.75, 3.05) is 13.7 Å². The zero-order valence-electron chi connectivity index (χ0n) is 8.41. The molecular formula is C10H11BrO4. The number of carboxylic acids is 1. The molecule has 0 aliphatic carbocycles. The van der Waals surface area contributed by atoms with Crippen LogP contribution in [0.5, 0.6) is 11.5 Å². The molecule has 0 atom stereocenters. The van der Waals surface area contributed by atoms with Gasteiger partial charge in [-0.1, -0.05) is 15.9 Å². The Morgan fingerprint density at radius 1 is 1.47 bits per heavy atom. The molecule has 0 fully saturated rings. The molecule has 0 aliphatic rings. The van der Waals surface area contributed by atoms with E-state index in [0.29, 0.717) is 16.8 Å². The molecule has 0 aromatic heterocycles. The van der Waals surface area contributed by atoms with Crippen molar-refractivity contribution in [1.82, 2.24) is 0 Å². The van der Waals surface area contributed by atoms with Crippen molar-refractivity contribution in [1.29, 1.82) is 0 Å². The Morgan fingerprint density at radius 2 is 2.07 bits per heavy atom. The van der Waals surface area contributed by atoms with Gasteiger partial charge in [0.2, 0.25) is 0 Å². The summed E-state index contributed by atoms with van der Waals surface area (Å²) in [5.74, 6) is -0.487. The molecule has 5 heteroatoms. The first-order chi connectivity index (χ1) is 7.10. The van der Waals surface area contributed by atoms with Gasteiger partial charge in [-0.25, -0.2) is 4.79 Å². The second-order valence-electron chi connectivity index (χ2n) is 2.72. The minimum absolute atomic E-state index is 0.0440. The van der Waals surface area contributed by atoms with Crippen LogP contribution in [0, 0.1) is 0 Å². The van der Waals surface area contributed by atoms with E-state index in [1.165, 1.54) is 7.11 Å². The minimum atomic E-state index is -1.07. The van der Waals surface area contributed by atoms with Crippen molar-refractivity contribution >= 4 is 21.9 Å². The summed E-state index contributed by atoms with van der Waals surface area (Å²) in [5, 5.41) is 9.02. The van der Waals surface area contributed by atoms with Crippen LogP contribution in [-0.2, 0) is 0 Å². The Labute approximate surface area is 95.9 Å². The molecule has 1 aromatic carbocycles. The van der Waals surface area contributed by atoms with Crippen molar-refractivity contribution in [2.45, 2.75) is 6.92 Å². The summed E-state index contributed by atoms with van der Waals surface area (Å²) in [4.78, 5) is 11.0. The van der Waals surface area contributed by atoms with Crippen LogP contribution < -0.4 is 9.47 Å². The first kappa shape index (κ1) is 11.8. The van der Waals surface area contributed by atoms with E-state index in [1.807, 2.05) is 0 Å². The number of methoxy groups -OCH3 is 1. The number of ether oxygens (including phenoxy) is 2. The molecule has 4 nitrogen and oxygen atoms in total. The fourth-order valence-electron chi connectivity index (χ4n) is 1.20. The highest BCUT2D eigenvalue weighted by molar-refractivity contribution is 9.10. The van der Waals surface area contributed by atoms with Gasteiger partial charge in [0.05, 0.1) is 13.7 Å². The smallest absolute Gasteiger partial charge is 0.343 e. The molecule has 15 heavy (non-hydrogen) atoms. The fraction of sp³-hybridized carbons (Fsp3) is 0.300. The van der Waals surface area contributed by atoms with Crippen LogP contribution in [0.4, 0.5) is 0 Å². The molecule has 1 aromatic rings. The van der Waals surface area contributed by atoms with Crippen molar-refractivity contribution in [3.05, 3.63) is 22.2 Å². The number of benzene rings is 1. The van der Waals surface area contributed by atoms with Gasteiger partial charge in [-0.2, -0.15) is 0 Å². The summed E-state index contributed by atoms with van der Waals surface area (Å²) >= 11 is 3.25. The topological polar surface area (TPSA) is 55.8 Å². The Morgan fingerprint density at radius 3 is 2.53 bits per heavy atom. The lowest BCUT2D eigenvalue weighted by Crippen LogP contribution is -2.05. The van der Waals surface area contributed by atoms with Crippen molar-refractivity contribution < 1.29 is 19.4 Å². The van der Waals surface area contributed by atoms with Crippen LogP contribution in [0.1, 0.15) is 17.3 Å². The van der Waals surface area contributed by atoms with E-state index < -0.39 is 5.97 Å². The number of rotatable bonds is 4. The van der Waals surface area contributed by atoms with E-state index in [0.717, 1.165) is 0 Å². The Bertz CT molecular complexity index is 376. The van der Waals surface area contributed by atoms with Gasteiger partial charge in [0.15, 0.2) is 0 Å². The van der Waals surface area contributed by atoms with E-state index >= 15 is 0 Å². The van der Waals surface area contributed by atoms with Crippen LogP contribution in [0.15, 0.2) is 16.6 Å². The van der Waals surface area contributed by atoms with E-state index in [2.05, 4.69) is 15.9 Å². The first-order valence-corrected chi connectivity index (χ1v) is 5.13. The van der Waals surface area contributed by atoms with Gasteiger partial charge >= 0.3 is 5.97 Å². The molecule has 0 unspecified atom stereocenters. The molecule has 0 aliphatic heterocycles. The van der Waals surface area contributed by atoms with E-state index in [1.54, 1.807) is 19.1 Å². The molecular weight excluding hydrogens is 264 g/mol. The second kappa shape index (κ2) is 5.02. The second-order valence-corrected chi connectivity index (χ2v) is 3.64. The maximum atomic E-state index is 11.0. The highest BCUT2D eigenvalue weighted by Crippen LogP contribution is 2.32. The minimum Gasteiger partial charge on any atom is -0.496 e. The third-order valence-electron chi connectivity index (χ3n) is 1.76. The predicted octanol–water partition coefficient (Wildman–Crippen LogP) is 2.55. The molecule has 0 radical (unpaired) electrons. The zero-order chi connectivity index (χ0) is 11.4. The van der Waals surface area contributed by atoms with Crippen molar-refractivity contribution in [3.8, 4) is 11.5 Å². The van der Waals surface area contributed by atoms with Crippen LogP contribution >= 0.6 is 15.9 Å². The van der Waals surface area contributed by atoms with Gasteiger partial charge in [-0.15, -0.1) is 0 Å². The monoisotopic (exact) mass is 274 g/mol. The fourth-order valence-corrected chi connectivity index (χ4v) is 1.61. The SMILES string of the molecule is CCOc1cc(Br)cc(OC)c1C(=O)O. The molecule has 1 rings (SSSR count). The largest absolute Gasteiger partial charge is 0.496 e. The number of aromatic carboxylic acids is 1. The van der Waals surface area contributed by atoms with E-state index in [-0.39, 0.29) is 11.3 Å². The van der Waals surface area contributed by atoms with Gasteiger partial charge < -0.3 is 14.6 Å². The Kier molecular flexibility index (Phi) is 3.96. The van der Waals surface area contributed by atoms with Gasteiger partial charge in [0.25, 0.3) is 0 Å². The molecule has 82 valence electrons. The van der Waals surface area contributed by atoms with Gasteiger partial charge in [-0.05, 0) is 19.1 Å². The lowest BCUT2D eigenvalue weighted by atomic mass is 10.2. The molecule has 1 N–H and O–H groups in total. The van der Waals surface area contributed by atoms with Crippen LogP contribution in [-0.4, -0.2) is 24.8 Å². The third kappa shape index (κ3) is 2.62. The third-order valence-corrected chi connectivity index (χ3v) is 2.22. The van der Waals surface area contributed by atoms with E-state index in [4.69, 9.17) is 14.6 Å². The molecule has 0 heterocycles. The standard InChI is InChI=1S/C10H11BrO4/c1-3-15-8-5-6(11)4-7(14-2)9(8)10(12)13/h4-5H,3H2,1-2H3,(H,12,13). The van der Waals surface area contributed by atoms with Crippen LogP contribution in [0.2, 0.25) is 0 Å². The maximum absolute atomic E-state index is 11.0. The average molecular weight is 275 g/mol. The maximum Gasteiger partial charge on any atom is 0.343 e. The molecule has 0 bridgehead atoms. The number of hydrogen-bond acceptors (Lipinski definition) is 3. The van der Waals surface area contributed by atoms with Crippen LogP contribution in [0.3, 0.4) is 0 Å². The quantitative estimate of drug-likeness (QED) is 0.917. The molecule has 0 saturated carbocycles. The molecule has 0 saturated heterocycles. The zero-order valence-corrected chi connectivity index (χ0v) is 10.00. The van der Waals surface area contributed by atoms with Crippen molar-refractivity contribution in [3.63, 3.8) is 0 Å². The first-order valence-electron chi connectivity index (χ1n) is 4.33. The number of halogens is 1. The van der Waals surface area contributed by atoms with Gasteiger partial charge in [0, 0.05) is 4.47 Å². The predicted molar refractivity (Wildman–Crippen MR) is 58.8 cm³/mol. The number of carbonyl (C=O) groups is 1. The van der Waals surface area contributed by atoms with Crippen molar-refractivity contribution in [2.24, 2.45) is 0 Å². The summed E-state index contributed by atoms with van der Waals surface area (Å²) in [6.07, 6.45) is 0. The summed E-state index contributed by atoms with van der Waals surface area (Å²) in [6, 6.07) is 3.20. The normalized spacial score (nSPS) is 9.80. The summed E-state index contributed by atoms with van der Waals surface area (Å²) in [6.45, 7) is 2.19. The lowest BCUT2D eigenvalue weighted by Gasteiger charge is -2.11. The van der Waals surface area contributed by atoms with Gasteiger partial charge in [-0.3, -0.25) is 0 Å².